The van der Waals surface area contributed by atoms with Crippen LogP contribution in [-0.2, 0) is 0 Å². The van der Waals surface area contributed by atoms with E-state index in [1.54, 1.807) is 10.7 Å². The van der Waals surface area contributed by atoms with Crippen molar-refractivity contribution in [1.82, 2.24) is 19.7 Å². The number of thioether (sulfide) groups is 1. The summed E-state index contributed by atoms with van der Waals surface area (Å²) in [7, 11) is 0. The largest absolute Gasteiger partial charge is 0.301 e. The molecule has 0 unspecified atom stereocenters. The number of aromatic nitrogens is 4. The van der Waals surface area contributed by atoms with E-state index in [4.69, 9.17) is 0 Å². The van der Waals surface area contributed by atoms with Crippen molar-refractivity contribution in [3.8, 4) is 5.69 Å². The van der Waals surface area contributed by atoms with Crippen molar-refractivity contribution in [3.63, 3.8) is 0 Å². The Balaban J connectivity index is 1.70. The first-order valence-electron chi connectivity index (χ1n) is 8.47. The number of nitro benzene ring substituents is 1. The molecule has 4 aromatic rings. The van der Waals surface area contributed by atoms with Gasteiger partial charge in [-0.1, -0.05) is 42.1 Å². The molecule has 2 aromatic carbocycles. The lowest BCUT2D eigenvalue weighted by Gasteiger charge is -2.11. The van der Waals surface area contributed by atoms with Crippen molar-refractivity contribution in [1.29, 1.82) is 0 Å². The SMILES string of the molecule is C[C@@H](Sc1nc2c(cnn2-c2ccccc2)c(=O)[nH]1)c1cccc([N+](=O)[O-])c1. The standard InChI is InChI=1S/C19H15N5O3S/c1-12(13-6-5-9-15(10-13)24(26)27)28-19-21-17-16(18(25)22-19)11-20-23(17)14-7-3-2-4-8-14/h2-12H,1H3,(H,21,22,25)/t12-/m1/s1. The summed E-state index contributed by atoms with van der Waals surface area (Å²) in [5.41, 5.74) is 1.80. The summed E-state index contributed by atoms with van der Waals surface area (Å²) >= 11 is 1.32. The molecule has 0 aliphatic heterocycles. The van der Waals surface area contributed by atoms with Crippen molar-refractivity contribution in [2.24, 2.45) is 0 Å². The van der Waals surface area contributed by atoms with Gasteiger partial charge in [-0.25, -0.2) is 9.67 Å². The van der Waals surface area contributed by atoms with Gasteiger partial charge < -0.3 is 4.98 Å². The minimum atomic E-state index is -0.425. The molecule has 0 fully saturated rings. The van der Waals surface area contributed by atoms with Gasteiger partial charge in [-0.15, -0.1) is 0 Å². The molecule has 2 heterocycles. The molecule has 1 atom stereocenters. The number of benzene rings is 2. The number of hydrogen-bond donors (Lipinski definition) is 1. The van der Waals surface area contributed by atoms with Gasteiger partial charge in [0.25, 0.3) is 11.2 Å². The number of aromatic amines is 1. The molecule has 0 saturated carbocycles. The van der Waals surface area contributed by atoms with E-state index in [0.29, 0.717) is 16.2 Å². The summed E-state index contributed by atoms with van der Waals surface area (Å²) < 4.78 is 1.62. The fourth-order valence-corrected chi connectivity index (χ4v) is 3.75. The molecule has 0 saturated heterocycles. The Morgan fingerprint density at radius 2 is 1.96 bits per heavy atom. The molecule has 8 nitrogen and oxygen atoms in total. The Bertz CT molecular complexity index is 1220. The maximum absolute atomic E-state index is 12.5. The van der Waals surface area contributed by atoms with Gasteiger partial charge in [-0.3, -0.25) is 14.9 Å². The minimum Gasteiger partial charge on any atom is -0.301 e. The molecule has 0 spiro atoms. The van der Waals surface area contributed by atoms with Gasteiger partial charge in [0.15, 0.2) is 10.8 Å². The first kappa shape index (κ1) is 17.9. The highest BCUT2D eigenvalue weighted by atomic mass is 32.2. The summed E-state index contributed by atoms with van der Waals surface area (Å²) in [4.78, 5) is 30.4. The molecule has 1 N–H and O–H groups in total. The number of H-pyrrole nitrogens is 1. The van der Waals surface area contributed by atoms with E-state index < -0.39 is 4.92 Å². The Labute approximate surface area is 163 Å². The Morgan fingerprint density at radius 1 is 1.18 bits per heavy atom. The maximum atomic E-state index is 12.5. The first-order valence-corrected chi connectivity index (χ1v) is 9.35. The van der Waals surface area contributed by atoms with Crippen molar-refractivity contribution in [2.45, 2.75) is 17.3 Å². The van der Waals surface area contributed by atoms with Crippen LogP contribution in [0.3, 0.4) is 0 Å². The predicted molar refractivity (Wildman–Crippen MR) is 107 cm³/mol. The Kier molecular flexibility index (Phi) is 4.66. The number of non-ortho nitro benzene ring substituents is 1. The maximum Gasteiger partial charge on any atom is 0.269 e. The average molecular weight is 393 g/mol. The fourth-order valence-electron chi connectivity index (χ4n) is 2.84. The van der Waals surface area contributed by atoms with Crippen molar-refractivity contribution >= 4 is 28.5 Å². The van der Waals surface area contributed by atoms with Crippen LogP contribution in [0.25, 0.3) is 16.7 Å². The van der Waals surface area contributed by atoms with Gasteiger partial charge in [0.05, 0.1) is 16.8 Å². The number of para-hydroxylation sites is 1. The monoisotopic (exact) mass is 393 g/mol. The van der Waals surface area contributed by atoms with Gasteiger partial charge in [-0.05, 0) is 24.6 Å². The van der Waals surface area contributed by atoms with Crippen LogP contribution in [0.15, 0.2) is 70.7 Å². The molecule has 2 aromatic heterocycles. The Hall–Kier alpha value is -3.46. The van der Waals surface area contributed by atoms with Crippen LogP contribution in [0.4, 0.5) is 5.69 Å². The summed E-state index contributed by atoms with van der Waals surface area (Å²) in [6.45, 7) is 1.91. The number of nitrogens with one attached hydrogen (secondary N) is 1. The second-order valence-corrected chi connectivity index (χ2v) is 7.44. The van der Waals surface area contributed by atoms with E-state index in [0.717, 1.165) is 11.3 Å². The zero-order valence-corrected chi connectivity index (χ0v) is 15.6. The van der Waals surface area contributed by atoms with Crippen molar-refractivity contribution < 1.29 is 4.92 Å². The third-order valence-corrected chi connectivity index (χ3v) is 5.30. The lowest BCUT2D eigenvalue weighted by molar-refractivity contribution is -0.384. The molecule has 9 heteroatoms. The molecule has 140 valence electrons. The smallest absolute Gasteiger partial charge is 0.269 e. The van der Waals surface area contributed by atoms with E-state index in [1.807, 2.05) is 43.3 Å². The van der Waals surface area contributed by atoms with Gasteiger partial charge in [0, 0.05) is 17.4 Å². The van der Waals surface area contributed by atoms with Crippen LogP contribution in [0.2, 0.25) is 0 Å². The number of rotatable bonds is 5. The lowest BCUT2D eigenvalue weighted by atomic mass is 10.1. The van der Waals surface area contributed by atoms with Crippen LogP contribution in [0.1, 0.15) is 17.7 Å². The summed E-state index contributed by atoms with van der Waals surface area (Å²) in [5.74, 6) is 0. The number of nitrogens with zero attached hydrogens (tertiary/aromatic N) is 4. The second-order valence-electron chi connectivity index (χ2n) is 6.11. The predicted octanol–water partition coefficient (Wildman–Crippen LogP) is 3.87. The first-order chi connectivity index (χ1) is 13.5. The van der Waals surface area contributed by atoms with E-state index in [-0.39, 0.29) is 16.5 Å². The van der Waals surface area contributed by atoms with Gasteiger partial charge in [0.2, 0.25) is 0 Å². The van der Waals surface area contributed by atoms with Gasteiger partial charge in [-0.2, -0.15) is 5.10 Å². The van der Waals surface area contributed by atoms with Crippen LogP contribution in [0.5, 0.6) is 0 Å². The molecular formula is C19H15N5O3S. The normalized spacial score (nSPS) is 12.2. The van der Waals surface area contributed by atoms with Gasteiger partial charge >= 0.3 is 0 Å². The topological polar surface area (TPSA) is 107 Å². The van der Waals surface area contributed by atoms with Crippen molar-refractivity contribution in [3.05, 3.63) is 86.8 Å². The molecule has 4 rings (SSSR count). The Morgan fingerprint density at radius 3 is 2.71 bits per heavy atom. The van der Waals surface area contributed by atoms with Crippen LogP contribution >= 0.6 is 11.8 Å². The van der Waals surface area contributed by atoms with Gasteiger partial charge in [0.1, 0.15) is 5.39 Å². The third kappa shape index (κ3) is 3.39. The van der Waals surface area contributed by atoms with E-state index >= 15 is 0 Å². The molecule has 0 radical (unpaired) electrons. The molecule has 0 aliphatic rings. The third-order valence-electron chi connectivity index (χ3n) is 4.26. The number of hydrogen-bond acceptors (Lipinski definition) is 6. The molecular weight excluding hydrogens is 378 g/mol. The fraction of sp³-hybridized carbons (Fsp3) is 0.105. The van der Waals surface area contributed by atoms with E-state index in [1.165, 1.54) is 30.1 Å². The summed E-state index contributed by atoms with van der Waals surface area (Å²) in [5, 5.41) is 16.0. The molecule has 28 heavy (non-hydrogen) atoms. The van der Waals surface area contributed by atoms with Crippen LogP contribution in [-0.4, -0.2) is 24.7 Å². The van der Waals surface area contributed by atoms with Crippen LogP contribution < -0.4 is 5.56 Å². The zero-order valence-electron chi connectivity index (χ0n) is 14.8. The molecule has 0 aliphatic carbocycles. The number of nitro groups is 1. The van der Waals surface area contributed by atoms with E-state index in [9.17, 15) is 14.9 Å². The van der Waals surface area contributed by atoms with E-state index in [2.05, 4.69) is 15.1 Å². The minimum absolute atomic E-state index is 0.0315. The molecule has 0 amide bonds. The zero-order chi connectivity index (χ0) is 19.7. The highest BCUT2D eigenvalue weighted by molar-refractivity contribution is 7.99. The van der Waals surface area contributed by atoms with Crippen molar-refractivity contribution in [2.75, 3.05) is 0 Å². The quantitative estimate of drug-likeness (QED) is 0.239. The molecule has 0 bridgehead atoms. The highest BCUT2D eigenvalue weighted by Gasteiger charge is 2.16. The summed E-state index contributed by atoms with van der Waals surface area (Å²) in [6, 6.07) is 15.9. The number of fused-ring (bicyclic) bond motifs is 1. The highest BCUT2D eigenvalue weighted by Crippen LogP contribution is 2.34. The second kappa shape index (κ2) is 7.28. The average Bonchev–Trinajstić information content (AvgIpc) is 3.13. The lowest BCUT2D eigenvalue weighted by Crippen LogP contribution is -2.10. The summed E-state index contributed by atoms with van der Waals surface area (Å²) in [6.07, 6.45) is 1.49. The van der Waals surface area contributed by atoms with Crippen LogP contribution in [0, 0.1) is 10.1 Å².